The molecule has 2 aromatic rings. The minimum atomic E-state index is -0.208. The van der Waals surface area contributed by atoms with E-state index in [9.17, 15) is 0 Å². The summed E-state index contributed by atoms with van der Waals surface area (Å²) in [6, 6.07) is 8.10. The first kappa shape index (κ1) is 14.2. The minimum Gasteiger partial charge on any atom is -0.339 e. The molecule has 0 aliphatic heterocycles. The molecule has 2 rings (SSSR count). The summed E-state index contributed by atoms with van der Waals surface area (Å²) in [5, 5.41) is 4.00. The molecule has 102 valence electrons. The molecule has 2 N–H and O–H groups in total. The number of aromatic nitrogens is 2. The monoisotopic (exact) mass is 323 g/mol. The average molecular weight is 324 g/mol. The van der Waals surface area contributed by atoms with Crippen LogP contribution < -0.4 is 5.73 Å². The number of nitrogens with zero attached hydrogens (tertiary/aromatic N) is 2. The first-order chi connectivity index (χ1) is 8.92. The van der Waals surface area contributed by atoms with Gasteiger partial charge >= 0.3 is 0 Å². The van der Waals surface area contributed by atoms with Gasteiger partial charge in [-0.2, -0.15) is 4.98 Å². The number of hydrogen-bond donors (Lipinski definition) is 1. The second-order valence-corrected chi connectivity index (χ2v) is 6.31. The third-order valence-corrected chi connectivity index (χ3v) is 3.30. The van der Waals surface area contributed by atoms with Gasteiger partial charge in [-0.15, -0.1) is 0 Å². The van der Waals surface area contributed by atoms with Gasteiger partial charge in [0, 0.05) is 22.9 Å². The van der Waals surface area contributed by atoms with E-state index in [0.29, 0.717) is 18.1 Å². The van der Waals surface area contributed by atoms with Crippen molar-refractivity contribution in [3.05, 3.63) is 46.0 Å². The number of rotatable bonds is 5. The highest BCUT2D eigenvalue weighted by atomic mass is 79.9. The Morgan fingerprint density at radius 2 is 1.95 bits per heavy atom. The van der Waals surface area contributed by atoms with Crippen LogP contribution in [0.4, 0.5) is 0 Å². The number of halogens is 1. The van der Waals surface area contributed by atoms with Gasteiger partial charge in [0.05, 0.1) is 0 Å². The van der Waals surface area contributed by atoms with E-state index >= 15 is 0 Å². The van der Waals surface area contributed by atoms with E-state index in [4.69, 9.17) is 10.3 Å². The molecule has 1 aromatic carbocycles. The van der Waals surface area contributed by atoms with Crippen LogP contribution >= 0.6 is 15.9 Å². The molecule has 0 saturated heterocycles. The Kier molecular flexibility index (Phi) is 4.37. The maximum Gasteiger partial charge on any atom is 0.226 e. The van der Waals surface area contributed by atoms with Gasteiger partial charge in [-0.3, -0.25) is 0 Å². The Labute approximate surface area is 121 Å². The number of aryl methyl sites for hydroxylation is 1. The molecule has 0 unspecified atom stereocenters. The quantitative estimate of drug-likeness (QED) is 0.918. The lowest BCUT2D eigenvalue weighted by Gasteiger charge is -2.16. The Balaban J connectivity index is 1.95. The van der Waals surface area contributed by atoms with Crippen molar-refractivity contribution in [2.24, 2.45) is 5.73 Å². The fourth-order valence-electron chi connectivity index (χ4n) is 1.68. The normalized spacial score (nSPS) is 11.8. The minimum absolute atomic E-state index is 0.208. The molecular weight excluding hydrogens is 306 g/mol. The fourth-order valence-corrected chi connectivity index (χ4v) is 1.94. The summed E-state index contributed by atoms with van der Waals surface area (Å²) in [4.78, 5) is 4.39. The van der Waals surface area contributed by atoms with E-state index < -0.39 is 0 Å². The fraction of sp³-hybridized carbons (Fsp3) is 0.429. The summed E-state index contributed by atoms with van der Waals surface area (Å²) in [6.07, 6.45) is 2.23. The first-order valence-electron chi connectivity index (χ1n) is 6.27. The van der Waals surface area contributed by atoms with Crippen molar-refractivity contribution >= 4 is 15.9 Å². The Bertz CT molecular complexity index is 528. The predicted molar refractivity (Wildman–Crippen MR) is 77.8 cm³/mol. The lowest BCUT2D eigenvalue weighted by Crippen LogP contribution is -2.32. The van der Waals surface area contributed by atoms with Crippen LogP contribution in [0.2, 0.25) is 0 Å². The third kappa shape index (κ3) is 4.76. The van der Waals surface area contributed by atoms with Crippen molar-refractivity contribution in [1.82, 2.24) is 10.1 Å². The average Bonchev–Trinajstić information content (AvgIpc) is 2.77. The topological polar surface area (TPSA) is 64.9 Å². The SMILES string of the molecule is CC(C)(N)CCc1nc(Cc2ccc(Br)cc2)no1. The van der Waals surface area contributed by atoms with Crippen molar-refractivity contribution in [3.8, 4) is 0 Å². The molecular formula is C14H18BrN3O. The summed E-state index contributed by atoms with van der Waals surface area (Å²) in [7, 11) is 0. The number of benzene rings is 1. The van der Waals surface area contributed by atoms with Crippen LogP contribution in [-0.4, -0.2) is 15.7 Å². The molecule has 5 heteroatoms. The summed E-state index contributed by atoms with van der Waals surface area (Å²) >= 11 is 3.41. The third-order valence-electron chi connectivity index (χ3n) is 2.77. The molecule has 0 aliphatic carbocycles. The van der Waals surface area contributed by atoms with Crippen molar-refractivity contribution in [2.45, 2.75) is 38.6 Å². The van der Waals surface area contributed by atoms with Gasteiger partial charge in [0.25, 0.3) is 0 Å². The second-order valence-electron chi connectivity index (χ2n) is 5.40. The summed E-state index contributed by atoms with van der Waals surface area (Å²) < 4.78 is 6.30. The zero-order chi connectivity index (χ0) is 13.9. The summed E-state index contributed by atoms with van der Waals surface area (Å²) in [6.45, 7) is 3.98. The Morgan fingerprint density at radius 3 is 2.58 bits per heavy atom. The molecule has 1 aromatic heterocycles. The van der Waals surface area contributed by atoms with E-state index in [1.165, 1.54) is 0 Å². The van der Waals surface area contributed by atoms with Crippen LogP contribution in [-0.2, 0) is 12.8 Å². The molecule has 1 heterocycles. The van der Waals surface area contributed by atoms with Crippen LogP contribution in [0, 0.1) is 0 Å². The van der Waals surface area contributed by atoms with Gasteiger partial charge in [0.1, 0.15) is 0 Å². The van der Waals surface area contributed by atoms with Crippen LogP contribution in [0.15, 0.2) is 33.3 Å². The van der Waals surface area contributed by atoms with Gasteiger partial charge in [0.2, 0.25) is 5.89 Å². The zero-order valence-corrected chi connectivity index (χ0v) is 12.8. The van der Waals surface area contributed by atoms with Crippen molar-refractivity contribution < 1.29 is 4.52 Å². The molecule has 0 bridgehead atoms. The molecule has 19 heavy (non-hydrogen) atoms. The lowest BCUT2D eigenvalue weighted by molar-refractivity contribution is 0.355. The largest absolute Gasteiger partial charge is 0.339 e. The van der Waals surface area contributed by atoms with E-state index in [1.807, 2.05) is 38.1 Å². The Morgan fingerprint density at radius 1 is 1.26 bits per heavy atom. The molecule has 0 atom stereocenters. The van der Waals surface area contributed by atoms with Crippen LogP contribution in [0.3, 0.4) is 0 Å². The maximum atomic E-state index is 5.93. The van der Waals surface area contributed by atoms with Crippen LogP contribution in [0.5, 0.6) is 0 Å². The maximum absolute atomic E-state index is 5.93. The van der Waals surface area contributed by atoms with Crippen LogP contribution in [0.25, 0.3) is 0 Å². The molecule has 0 spiro atoms. The highest BCUT2D eigenvalue weighted by Crippen LogP contribution is 2.14. The van der Waals surface area contributed by atoms with E-state index in [0.717, 1.165) is 22.9 Å². The smallest absolute Gasteiger partial charge is 0.226 e. The van der Waals surface area contributed by atoms with Crippen LogP contribution in [0.1, 0.15) is 37.5 Å². The summed E-state index contributed by atoms with van der Waals surface area (Å²) in [5.74, 6) is 1.37. The van der Waals surface area contributed by atoms with Crippen molar-refractivity contribution in [3.63, 3.8) is 0 Å². The standard InChI is InChI=1S/C14H18BrN3O/c1-14(2,16)8-7-13-17-12(18-19-13)9-10-3-5-11(15)6-4-10/h3-6H,7-9,16H2,1-2H3. The van der Waals surface area contributed by atoms with Gasteiger partial charge in [-0.05, 0) is 38.0 Å². The zero-order valence-electron chi connectivity index (χ0n) is 11.2. The van der Waals surface area contributed by atoms with Crippen molar-refractivity contribution in [2.75, 3.05) is 0 Å². The van der Waals surface area contributed by atoms with Gasteiger partial charge in [0.15, 0.2) is 5.82 Å². The molecule has 4 nitrogen and oxygen atoms in total. The molecule has 0 amide bonds. The van der Waals surface area contributed by atoms with E-state index in [2.05, 4.69) is 26.1 Å². The predicted octanol–water partition coefficient (Wildman–Crippen LogP) is 3.09. The van der Waals surface area contributed by atoms with Gasteiger partial charge < -0.3 is 10.3 Å². The van der Waals surface area contributed by atoms with Crippen molar-refractivity contribution in [1.29, 1.82) is 0 Å². The first-order valence-corrected chi connectivity index (χ1v) is 7.06. The van der Waals surface area contributed by atoms with Gasteiger partial charge in [-0.1, -0.05) is 33.2 Å². The van der Waals surface area contributed by atoms with E-state index in [1.54, 1.807) is 0 Å². The Hall–Kier alpha value is -1.20. The molecule has 0 radical (unpaired) electrons. The van der Waals surface area contributed by atoms with Gasteiger partial charge in [-0.25, -0.2) is 0 Å². The molecule has 0 fully saturated rings. The van der Waals surface area contributed by atoms with E-state index in [-0.39, 0.29) is 5.54 Å². The number of nitrogens with two attached hydrogens (primary N) is 1. The molecule has 0 aliphatic rings. The highest BCUT2D eigenvalue weighted by Gasteiger charge is 2.14. The number of hydrogen-bond acceptors (Lipinski definition) is 4. The summed E-state index contributed by atoms with van der Waals surface area (Å²) in [5.41, 5.74) is 6.89. The second kappa shape index (κ2) is 5.84. The molecule has 0 saturated carbocycles. The lowest BCUT2D eigenvalue weighted by atomic mass is 10.0. The highest BCUT2D eigenvalue weighted by molar-refractivity contribution is 9.10.